The molecule has 0 aromatic carbocycles. The van der Waals surface area contributed by atoms with E-state index in [1.165, 1.54) is 0 Å². The van der Waals surface area contributed by atoms with Gasteiger partial charge in [-0.05, 0) is 18.6 Å². The monoisotopic (exact) mass is 262 g/mol. The smallest absolute Gasteiger partial charge is 0.0996 e. The molecule has 1 fully saturated rings. The van der Waals surface area contributed by atoms with Gasteiger partial charge in [-0.1, -0.05) is 11.6 Å². The van der Waals surface area contributed by atoms with Crippen molar-refractivity contribution >= 4 is 11.6 Å². The molecule has 0 aromatic rings. The van der Waals surface area contributed by atoms with Gasteiger partial charge in [-0.3, -0.25) is 0 Å². The maximum absolute atomic E-state index is 9.28. The summed E-state index contributed by atoms with van der Waals surface area (Å²) in [6.45, 7) is 3.64. The van der Waals surface area contributed by atoms with Crippen LogP contribution in [0, 0.1) is 0 Å². The molecule has 98 valence electrons. The molecule has 1 rings (SSSR count). The number of allylic oxidation sites excluding steroid dienone is 1. The Morgan fingerprint density at radius 3 is 2.82 bits per heavy atom. The van der Waals surface area contributed by atoms with Gasteiger partial charge < -0.3 is 25.6 Å². The Morgan fingerprint density at radius 2 is 2.29 bits per heavy atom. The van der Waals surface area contributed by atoms with Crippen LogP contribution in [-0.4, -0.2) is 54.1 Å². The van der Waals surface area contributed by atoms with Crippen LogP contribution in [0.3, 0.4) is 0 Å². The molecule has 0 saturated carbocycles. The Bertz CT molecular complexity index is 314. The Balaban J connectivity index is 2.81. The van der Waals surface area contributed by atoms with E-state index in [9.17, 15) is 5.11 Å². The highest BCUT2D eigenvalue weighted by Crippen LogP contribution is 2.16. The van der Waals surface area contributed by atoms with Crippen molar-refractivity contribution in [2.45, 2.75) is 13.0 Å². The number of rotatable bonds is 4. The minimum Gasteiger partial charge on any atom is -0.394 e. The van der Waals surface area contributed by atoms with E-state index < -0.39 is 0 Å². The van der Waals surface area contributed by atoms with Crippen LogP contribution in [-0.2, 0) is 4.74 Å². The SMILES string of the molecule is C/C(=C(\C=C(/N)Cl)CO)N1CCOC(CO)C1. The van der Waals surface area contributed by atoms with Gasteiger partial charge in [0.2, 0.25) is 0 Å². The summed E-state index contributed by atoms with van der Waals surface area (Å²) in [5, 5.41) is 18.5. The van der Waals surface area contributed by atoms with E-state index in [1.54, 1.807) is 6.08 Å². The molecule has 0 aromatic heterocycles. The van der Waals surface area contributed by atoms with Gasteiger partial charge in [0, 0.05) is 18.8 Å². The molecule has 6 heteroatoms. The van der Waals surface area contributed by atoms with E-state index in [0.717, 1.165) is 12.2 Å². The molecule has 1 atom stereocenters. The highest BCUT2D eigenvalue weighted by atomic mass is 35.5. The average Bonchev–Trinajstić information content (AvgIpc) is 2.35. The summed E-state index contributed by atoms with van der Waals surface area (Å²) in [5.74, 6) is 0. The van der Waals surface area contributed by atoms with Crippen LogP contribution in [0.4, 0.5) is 0 Å². The summed E-state index contributed by atoms with van der Waals surface area (Å²) in [7, 11) is 0. The molecule has 1 heterocycles. The third-order valence-corrected chi connectivity index (χ3v) is 2.87. The summed E-state index contributed by atoms with van der Waals surface area (Å²) in [5.41, 5.74) is 6.97. The van der Waals surface area contributed by atoms with Gasteiger partial charge in [-0.15, -0.1) is 0 Å². The summed E-state index contributed by atoms with van der Waals surface area (Å²) in [6.07, 6.45) is 1.36. The van der Waals surface area contributed by atoms with Crippen LogP contribution in [0.15, 0.2) is 22.5 Å². The molecule has 0 radical (unpaired) electrons. The Kier molecular flexibility index (Phi) is 5.77. The maximum atomic E-state index is 9.28. The minimum absolute atomic E-state index is 0.00821. The fraction of sp³-hybridized carbons (Fsp3) is 0.636. The van der Waals surface area contributed by atoms with Crippen molar-refractivity contribution in [2.75, 3.05) is 32.9 Å². The van der Waals surface area contributed by atoms with Gasteiger partial charge in [0.15, 0.2) is 0 Å². The van der Waals surface area contributed by atoms with Crippen molar-refractivity contribution in [3.8, 4) is 0 Å². The molecule has 0 aliphatic carbocycles. The highest BCUT2D eigenvalue weighted by molar-refractivity contribution is 6.29. The lowest BCUT2D eigenvalue weighted by Crippen LogP contribution is -2.43. The quantitative estimate of drug-likeness (QED) is 0.490. The Hall–Kier alpha value is -0.750. The van der Waals surface area contributed by atoms with Crippen LogP contribution in [0.2, 0.25) is 0 Å². The molecule has 0 bridgehead atoms. The van der Waals surface area contributed by atoms with Gasteiger partial charge in [-0.2, -0.15) is 0 Å². The van der Waals surface area contributed by atoms with Gasteiger partial charge in [0.1, 0.15) is 0 Å². The van der Waals surface area contributed by atoms with E-state index in [4.69, 9.17) is 27.2 Å². The lowest BCUT2D eigenvalue weighted by molar-refractivity contribution is -0.0433. The first-order valence-corrected chi connectivity index (χ1v) is 5.87. The number of halogens is 1. The molecule has 0 amide bonds. The molecule has 17 heavy (non-hydrogen) atoms. The zero-order chi connectivity index (χ0) is 12.8. The second-order valence-electron chi connectivity index (χ2n) is 3.92. The number of morpholine rings is 1. The zero-order valence-corrected chi connectivity index (χ0v) is 10.7. The third-order valence-electron chi connectivity index (χ3n) is 2.76. The number of nitrogens with zero attached hydrogens (tertiary/aromatic N) is 1. The standard InChI is InChI=1S/C11H19ClN2O3/c1-8(9(6-15)4-11(12)13)14-2-3-17-10(5-14)7-16/h4,10,15-16H,2-3,5-7,13H2,1H3/b9-8-,11-4-. The highest BCUT2D eigenvalue weighted by Gasteiger charge is 2.20. The molecular weight excluding hydrogens is 244 g/mol. The third kappa shape index (κ3) is 4.20. The predicted molar refractivity (Wildman–Crippen MR) is 66.3 cm³/mol. The first-order valence-electron chi connectivity index (χ1n) is 5.49. The molecule has 4 N–H and O–H groups in total. The summed E-state index contributed by atoms with van der Waals surface area (Å²) in [4.78, 5) is 2.05. The van der Waals surface area contributed by atoms with E-state index >= 15 is 0 Å². The molecule has 1 aliphatic heterocycles. The fourth-order valence-corrected chi connectivity index (χ4v) is 1.90. The number of ether oxygens (including phenoxy) is 1. The van der Waals surface area contributed by atoms with Crippen LogP contribution < -0.4 is 5.73 Å². The van der Waals surface area contributed by atoms with Gasteiger partial charge >= 0.3 is 0 Å². The van der Waals surface area contributed by atoms with Crippen molar-refractivity contribution in [3.05, 3.63) is 22.5 Å². The van der Waals surface area contributed by atoms with Crippen molar-refractivity contribution in [1.29, 1.82) is 0 Å². The summed E-state index contributed by atoms with van der Waals surface area (Å²) in [6, 6.07) is 0. The number of nitrogens with two attached hydrogens (primary N) is 1. The Labute approximate surface area is 106 Å². The van der Waals surface area contributed by atoms with Gasteiger partial charge in [0.25, 0.3) is 0 Å². The first-order chi connectivity index (χ1) is 8.08. The summed E-state index contributed by atoms with van der Waals surface area (Å²) < 4.78 is 5.36. The molecule has 1 aliphatic rings. The molecule has 1 saturated heterocycles. The maximum Gasteiger partial charge on any atom is 0.0996 e. The minimum atomic E-state index is -0.184. The second-order valence-corrected chi connectivity index (χ2v) is 4.36. The van der Waals surface area contributed by atoms with Crippen molar-refractivity contribution in [2.24, 2.45) is 5.73 Å². The average molecular weight is 263 g/mol. The molecule has 5 nitrogen and oxygen atoms in total. The molecule has 0 spiro atoms. The lowest BCUT2D eigenvalue weighted by atomic mass is 10.1. The summed E-state index contributed by atoms with van der Waals surface area (Å²) >= 11 is 5.60. The normalized spacial score (nSPS) is 23.6. The van der Waals surface area contributed by atoms with E-state index in [-0.39, 0.29) is 24.5 Å². The van der Waals surface area contributed by atoms with Crippen LogP contribution in [0.5, 0.6) is 0 Å². The van der Waals surface area contributed by atoms with Crippen molar-refractivity contribution in [1.82, 2.24) is 4.90 Å². The van der Waals surface area contributed by atoms with E-state index in [2.05, 4.69) is 0 Å². The van der Waals surface area contributed by atoms with E-state index in [1.807, 2.05) is 11.8 Å². The number of aliphatic hydroxyl groups excluding tert-OH is 2. The number of hydrogen-bond acceptors (Lipinski definition) is 5. The molecular formula is C11H19ClN2O3. The van der Waals surface area contributed by atoms with Crippen LogP contribution >= 0.6 is 11.6 Å². The largest absolute Gasteiger partial charge is 0.394 e. The number of aliphatic hydroxyl groups is 2. The lowest BCUT2D eigenvalue weighted by Gasteiger charge is -2.35. The Morgan fingerprint density at radius 1 is 1.59 bits per heavy atom. The van der Waals surface area contributed by atoms with Crippen LogP contribution in [0.25, 0.3) is 0 Å². The number of hydrogen-bond donors (Lipinski definition) is 3. The van der Waals surface area contributed by atoms with Crippen molar-refractivity contribution in [3.63, 3.8) is 0 Å². The molecule has 1 unspecified atom stereocenters. The zero-order valence-electron chi connectivity index (χ0n) is 9.90. The topological polar surface area (TPSA) is 79.0 Å². The van der Waals surface area contributed by atoms with Crippen LogP contribution in [0.1, 0.15) is 6.92 Å². The first kappa shape index (κ1) is 14.3. The van der Waals surface area contributed by atoms with Gasteiger partial charge in [-0.25, -0.2) is 0 Å². The fourth-order valence-electron chi connectivity index (χ4n) is 1.77. The second kappa shape index (κ2) is 6.86. The predicted octanol–water partition coefficient (Wildman–Crippen LogP) is -0.0153. The van der Waals surface area contributed by atoms with Crippen molar-refractivity contribution < 1.29 is 14.9 Å². The van der Waals surface area contributed by atoms with E-state index in [0.29, 0.717) is 18.7 Å². The van der Waals surface area contributed by atoms with Gasteiger partial charge in [0.05, 0.1) is 31.1 Å².